The lowest BCUT2D eigenvalue weighted by Crippen LogP contribution is -2.44. The number of nitro benzene ring substituents is 1. The minimum atomic E-state index is -0.508. The smallest absolute Gasteiger partial charge is 0.272 e. The average Bonchev–Trinajstić information content (AvgIpc) is 2.46. The second kappa shape index (κ2) is 7.79. The van der Waals surface area contributed by atoms with Gasteiger partial charge in [0.25, 0.3) is 5.69 Å². The Labute approximate surface area is 133 Å². The number of hydrogen-bond acceptors (Lipinski definition) is 5. The third kappa shape index (κ3) is 4.71. The highest BCUT2D eigenvalue weighted by atomic mass is 35.5. The Morgan fingerprint density at radius 3 is 2.48 bits per heavy atom. The highest BCUT2D eigenvalue weighted by Crippen LogP contribution is 2.34. The molecule has 6 nitrogen and oxygen atoms in total. The van der Waals surface area contributed by atoms with Gasteiger partial charge in [-0.15, -0.1) is 0 Å². The molecule has 0 bridgehead atoms. The van der Waals surface area contributed by atoms with Gasteiger partial charge in [-0.3, -0.25) is 10.1 Å². The summed E-state index contributed by atoms with van der Waals surface area (Å²) in [5.41, 5.74) is 0.459. The second-order valence-electron chi connectivity index (χ2n) is 4.91. The molecule has 1 aliphatic rings. The van der Waals surface area contributed by atoms with E-state index in [4.69, 9.17) is 23.2 Å². The molecule has 116 valence electrons. The molecular weight excluding hydrogens is 315 g/mol. The summed E-state index contributed by atoms with van der Waals surface area (Å²) in [7, 11) is 0. The van der Waals surface area contributed by atoms with Crippen LogP contribution in [-0.2, 0) is 0 Å². The van der Waals surface area contributed by atoms with E-state index in [0.29, 0.717) is 5.69 Å². The quantitative estimate of drug-likeness (QED) is 0.476. The van der Waals surface area contributed by atoms with Crippen molar-refractivity contribution in [1.29, 1.82) is 0 Å². The summed E-state index contributed by atoms with van der Waals surface area (Å²) in [4.78, 5) is 12.6. The van der Waals surface area contributed by atoms with Crippen molar-refractivity contribution in [3.05, 3.63) is 32.3 Å². The number of hydrogen-bond donors (Lipinski definition) is 2. The summed E-state index contributed by atoms with van der Waals surface area (Å²) < 4.78 is 0. The number of benzene rings is 1. The van der Waals surface area contributed by atoms with Gasteiger partial charge in [-0.05, 0) is 13.0 Å². The zero-order valence-electron chi connectivity index (χ0n) is 11.6. The molecule has 1 heterocycles. The van der Waals surface area contributed by atoms with Crippen LogP contribution in [0.25, 0.3) is 0 Å². The van der Waals surface area contributed by atoms with Crippen molar-refractivity contribution in [1.82, 2.24) is 10.2 Å². The molecule has 0 saturated carbocycles. The van der Waals surface area contributed by atoms with Crippen LogP contribution in [0.3, 0.4) is 0 Å². The van der Waals surface area contributed by atoms with Crippen LogP contribution in [0.5, 0.6) is 0 Å². The number of anilines is 1. The third-order valence-electron chi connectivity index (χ3n) is 3.40. The SMILES string of the molecule is O=[N+]([O-])c1cc(Cl)c(NCCCN2CCNCC2)c(Cl)c1. The van der Waals surface area contributed by atoms with Gasteiger partial charge in [-0.1, -0.05) is 23.2 Å². The number of rotatable bonds is 6. The fourth-order valence-electron chi connectivity index (χ4n) is 2.28. The Morgan fingerprint density at radius 2 is 1.90 bits per heavy atom. The zero-order chi connectivity index (χ0) is 15.2. The van der Waals surface area contributed by atoms with Crippen molar-refractivity contribution in [3.63, 3.8) is 0 Å². The lowest BCUT2D eigenvalue weighted by Gasteiger charge is -2.27. The van der Waals surface area contributed by atoms with E-state index in [1.165, 1.54) is 12.1 Å². The maximum atomic E-state index is 10.7. The summed E-state index contributed by atoms with van der Waals surface area (Å²) in [6, 6.07) is 2.62. The molecule has 0 radical (unpaired) electrons. The van der Waals surface area contributed by atoms with Crippen LogP contribution in [0.4, 0.5) is 11.4 Å². The average molecular weight is 333 g/mol. The molecule has 0 amide bonds. The van der Waals surface area contributed by atoms with E-state index in [-0.39, 0.29) is 15.7 Å². The zero-order valence-corrected chi connectivity index (χ0v) is 13.1. The first-order valence-electron chi connectivity index (χ1n) is 6.88. The van der Waals surface area contributed by atoms with Crippen molar-refractivity contribution in [3.8, 4) is 0 Å². The first kappa shape index (κ1) is 16.3. The maximum absolute atomic E-state index is 10.7. The second-order valence-corrected chi connectivity index (χ2v) is 5.73. The topological polar surface area (TPSA) is 70.4 Å². The van der Waals surface area contributed by atoms with Crippen molar-refractivity contribution in [2.45, 2.75) is 6.42 Å². The van der Waals surface area contributed by atoms with E-state index >= 15 is 0 Å². The largest absolute Gasteiger partial charge is 0.383 e. The molecule has 1 saturated heterocycles. The summed E-state index contributed by atoms with van der Waals surface area (Å²) >= 11 is 12.1. The van der Waals surface area contributed by atoms with Gasteiger partial charge in [-0.2, -0.15) is 0 Å². The lowest BCUT2D eigenvalue weighted by atomic mass is 10.2. The van der Waals surface area contributed by atoms with Crippen LogP contribution in [0.15, 0.2) is 12.1 Å². The molecular formula is C13H18Cl2N4O2. The van der Waals surface area contributed by atoms with Gasteiger partial charge in [0.1, 0.15) is 0 Å². The first-order chi connectivity index (χ1) is 10.1. The van der Waals surface area contributed by atoms with Crippen molar-refractivity contribution >= 4 is 34.6 Å². The van der Waals surface area contributed by atoms with Crippen LogP contribution in [0.1, 0.15) is 6.42 Å². The molecule has 1 aliphatic heterocycles. The summed E-state index contributed by atoms with van der Waals surface area (Å²) in [5, 5.41) is 17.7. The number of nitrogens with zero attached hydrogens (tertiary/aromatic N) is 2. The summed E-state index contributed by atoms with van der Waals surface area (Å²) in [6.07, 6.45) is 0.962. The summed E-state index contributed by atoms with van der Waals surface area (Å²) in [5.74, 6) is 0. The van der Waals surface area contributed by atoms with Crippen LogP contribution < -0.4 is 10.6 Å². The molecule has 0 atom stereocenters. The monoisotopic (exact) mass is 332 g/mol. The van der Waals surface area contributed by atoms with Crippen LogP contribution in [-0.4, -0.2) is 49.1 Å². The molecule has 1 aromatic rings. The van der Waals surface area contributed by atoms with Crippen LogP contribution >= 0.6 is 23.2 Å². The fraction of sp³-hybridized carbons (Fsp3) is 0.538. The summed E-state index contributed by atoms with van der Waals surface area (Å²) in [6.45, 7) is 5.94. The highest BCUT2D eigenvalue weighted by molar-refractivity contribution is 6.39. The molecule has 1 aromatic carbocycles. The molecule has 2 rings (SSSR count). The van der Waals surface area contributed by atoms with Crippen molar-refractivity contribution < 1.29 is 4.92 Å². The first-order valence-corrected chi connectivity index (χ1v) is 7.64. The fourth-order valence-corrected chi connectivity index (χ4v) is 2.89. The van der Waals surface area contributed by atoms with Gasteiger partial charge in [0.2, 0.25) is 0 Å². The van der Waals surface area contributed by atoms with Gasteiger partial charge in [0, 0.05) is 44.9 Å². The molecule has 21 heavy (non-hydrogen) atoms. The molecule has 1 fully saturated rings. The Morgan fingerprint density at radius 1 is 1.29 bits per heavy atom. The molecule has 2 N–H and O–H groups in total. The molecule has 0 spiro atoms. The number of nitrogens with one attached hydrogen (secondary N) is 2. The Kier molecular flexibility index (Phi) is 6.05. The Bertz CT molecular complexity index is 484. The molecule has 0 unspecified atom stereocenters. The van der Waals surface area contributed by atoms with E-state index in [0.717, 1.165) is 45.7 Å². The van der Waals surface area contributed by atoms with E-state index in [9.17, 15) is 10.1 Å². The highest BCUT2D eigenvalue weighted by Gasteiger charge is 2.14. The Hall–Kier alpha value is -1.08. The van der Waals surface area contributed by atoms with E-state index in [1.54, 1.807) is 0 Å². The normalized spacial score (nSPS) is 15.9. The predicted octanol–water partition coefficient (Wildman–Crippen LogP) is 2.61. The molecule has 0 aliphatic carbocycles. The van der Waals surface area contributed by atoms with Gasteiger partial charge in [0.05, 0.1) is 20.7 Å². The predicted molar refractivity (Wildman–Crippen MR) is 85.5 cm³/mol. The van der Waals surface area contributed by atoms with Gasteiger partial charge in [0.15, 0.2) is 0 Å². The van der Waals surface area contributed by atoms with E-state index in [2.05, 4.69) is 15.5 Å². The van der Waals surface area contributed by atoms with Crippen molar-refractivity contribution in [2.24, 2.45) is 0 Å². The van der Waals surface area contributed by atoms with E-state index < -0.39 is 4.92 Å². The lowest BCUT2D eigenvalue weighted by molar-refractivity contribution is -0.384. The standard InChI is InChI=1S/C13H18Cl2N4O2/c14-11-8-10(19(20)21)9-12(15)13(11)17-2-1-5-18-6-3-16-4-7-18/h8-9,16-17H,1-7H2. The molecule has 8 heteroatoms. The van der Waals surface area contributed by atoms with Gasteiger partial charge >= 0.3 is 0 Å². The Balaban J connectivity index is 1.84. The van der Waals surface area contributed by atoms with Crippen LogP contribution in [0.2, 0.25) is 10.0 Å². The van der Waals surface area contributed by atoms with Crippen molar-refractivity contribution in [2.75, 3.05) is 44.6 Å². The number of non-ortho nitro benzene ring substituents is 1. The number of piperazine rings is 1. The minimum Gasteiger partial charge on any atom is -0.383 e. The van der Waals surface area contributed by atoms with E-state index in [1.807, 2.05) is 0 Å². The number of nitro groups is 1. The minimum absolute atomic E-state index is 0.101. The maximum Gasteiger partial charge on any atom is 0.272 e. The number of halogens is 2. The van der Waals surface area contributed by atoms with Gasteiger partial charge < -0.3 is 15.5 Å². The third-order valence-corrected chi connectivity index (χ3v) is 4.00. The molecule has 0 aromatic heterocycles. The van der Waals surface area contributed by atoms with Gasteiger partial charge in [-0.25, -0.2) is 0 Å². The van der Waals surface area contributed by atoms with Crippen LogP contribution in [0, 0.1) is 10.1 Å².